The normalized spacial score (nSPS) is 25.5. The van der Waals surface area contributed by atoms with Crippen LogP contribution in [0.5, 0.6) is 0 Å². The van der Waals surface area contributed by atoms with Crippen molar-refractivity contribution in [2.75, 3.05) is 14.1 Å². The van der Waals surface area contributed by atoms with Crippen LogP contribution in [-0.4, -0.2) is 41.2 Å². The molecule has 0 aromatic rings. The van der Waals surface area contributed by atoms with Gasteiger partial charge >= 0.3 is 5.97 Å². The lowest BCUT2D eigenvalue weighted by Crippen LogP contribution is -2.42. The van der Waals surface area contributed by atoms with Crippen LogP contribution in [0.4, 0.5) is 0 Å². The van der Waals surface area contributed by atoms with Gasteiger partial charge in [0, 0.05) is 20.3 Å². The summed E-state index contributed by atoms with van der Waals surface area (Å²) in [6.45, 7) is 0. The van der Waals surface area contributed by atoms with Gasteiger partial charge in [-0.05, 0) is 0 Å². The van der Waals surface area contributed by atoms with Gasteiger partial charge in [0.15, 0.2) is 6.04 Å². The van der Waals surface area contributed by atoms with Crippen molar-refractivity contribution in [1.82, 2.24) is 10.0 Å². The lowest BCUT2D eigenvalue weighted by Gasteiger charge is -2.23. The number of rotatable bonds is 1. The Morgan fingerprint density at radius 2 is 2.27 bits per heavy atom. The molecule has 5 nitrogen and oxygen atoms in total. The van der Waals surface area contributed by atoms with Crippen molar-refractivity contribution < 1.29 is 9.90 Å². The molecular weight excluding hydrogens is 146 g/mol. The molecule has 0 fully saturated rings. The molecule has 0 radical (unpaired) electrons. The van der Waals surface area contributed by atoms with Crippen molar-refractivity contribution in [3.8, 4) is 0 Å². The van der Waals surface area contributed by atoms with Crippen LogP contribution in [0.3, 0.4) is 0 Å². The van der Waals surface area contributed by atoms with Crippen LogP contribution in [0.15, 0.2) is 11.9 Å². The molecule has 0 spiro atoms. The Balaban J connectivity index is 2.83. The van der Waals surface area contributed by atoms with Crippen LogP contribution in [0.2, 0.25) is 0 Å². The summed E-state index contributed by atoms with van der Waals surface area (Å²) < 4.78 is 0. The van der Waals surface area contributed by atoms with Crippen LogP contribution in [0.25, 0.3) is 0 Å². The zero-order valence-corrected chi connectivity index (χ0v) is 6.48. The molecule has 0 saturated carbocycles. The highest BCUT2D eigenvalue weighted by molar-refractivity contribution is 5.77. The second-order valence-corrected chi connectivity index (χ2v) is 2.52. The van der Waals surface area contributed by atoms with E-state index in [1.165, 1.54) is 0 Å². The smallest absolute Gasteiger partial charge is 0.328 e. The van der Waals surface area contributed by atoms with Gasteiger partial charge in [0.05, 0.1) is 5.70 Å². The van der Waals surface area contributed by atoms with E-state index in [1.807, 2.05) is 0 Å². The van der Waals surface area contributed by atoms with Gasteiger partial charge in [0.1, 0.15) is 0 Å². The number of aliphatic carboxylic acids is 1. The molecule has 0 aromatic heterocycles. The largest absolute Gasteiger partial charge is 0.480 e. The Hall–Kier alpha value is -1.23. The minimum Gasteiger partial charge on any atom is -0.480 e. The second-order valence-electron chi connectivity index (χ2n) is 2.52. The highest BCUT2D eigenvalue weighted by Crippen LogP contribution is 2.14. The number of nitrogens with zero attached hydrogens (tertiary/aromatic N) is 2. The van der Waals surface area contributed by atoms with Crippen LogP contribution in [0, 0.1) is 0 Å². The monoisotopic (exact) mass is 157 g/mol. The number of likely N-dealkylation sites (N-methyl/N-ethyl adjacent to an activating group) is 1. The van der Waals surface area contributed by atoms with Crippen molar-refractivity contribution >= 4 is 5.97 Å². The number of carboxylic acids is 1. The van der Waals surface area contributed by atoms with Crippen LogP contribution < -0.4 is 5.73 Å². The number of hydrazine groups is 1. The molecule has 1 aliphatic heterocycles. The van der Waals surface area contributed by atoms with E-state index in [0.717, 1.165) is 0 Å². The molecule has 1 heterocycles. The van der Waals surface area contributed by atoms with Gasteiger partial charge in [0.25, 0.3) is 0 Å². The molecule has 1 rings (SSSR count). The first-order chi connectivity index (χ1) is 5.04. The van der Waals surface area contributed by atoms with Gasteiger partial charge in [-0.2, -0.15) is 0 Å². The molecule has 1 atom stereocenters. The SMILES string of the molecule is CN1C=C(N)C(C(=O)O)N1C. The third-order valence-electron chi connectivity index (χ3n) is 1.76. The van der Waals surface area contributed by atoms with E-state index in [0.29, 0.717) is 5.70 Å². The Kier molecular flexibility index (Phi) is 1.74. The third kappa shape index (κ3) is 1.14. The van der Waals surface area contributed by atoms with Crippen molar-refractivity contribution in [3.05, 3.63) is 11.9 Å². The summed E-state index contributed by atoms with van der Waals surface area (Å²) in [6, 6.07) is -0.708. The van der Waals surface area contributed by atoms with E-state index >= 15 is 0 Å². The predicted molar refractivity (Wildman–Crippen MR) is 39.2 cm³/mol. The maximum absolute atomic E-state index is 10.6. The Morgan fingerprint density at radius 1 is 1.73 bits per heavy atom. The Bertz CT molecular complexity index is 214. The van der Waals surface area contributed by atoms with Gasteiger partial charge in [-0.1, -0.05) is 0 Å². The quantitative estimate of drug-likeness (QED) is 0.512. The van der Waals surface area contributed by atoms with Gasteiger partial charge in [0.2, 0.25) is 0 Å². The van der Waals surface area contributed by atoms with Crippen LogP contribution in [-0.2, 0) is 4.79 Å². The summed E-state index contributed by atoms with van der Waals surface area (Å²) >= 11 is 0. The van der Waals surface area contributed by atoms with Crippen molar-refractivity contribution in [1.29, 1.82) is 0 Å². The van der Waals surface area contributed by atoms with Gasteiger partial charge in [-0.3, -0.25) is 4.79 Å². The maximum Gasteiger partial charge on any atom is 0.328 e. The molecule has 5 heteroatoms. The summed E-state index contributed by atoms with van der Waals surface area (Å²) in [5.41, 5.74) is 5.82. The minimum atomic E-state index is -0.925. The molecule has 0 bridgehead atoms. The lowest BCUT2D eigenvalue weighted by atomic mass is 10.2. The summed E-state index contributed by atoms with van der Waals surface area (Å²) in [6.07, 6.45) is 1.60. The van der Waals surface area contributed by atoms with Crippen LogP contribution >= 0.6 is 0 Å². The Morgan fingerprint density at radius 3 is 2.45 bits per heavy atom. The maximum atomic E-state index is 10.6. The molecule has 1 aliphatic rings. The number of nitrogens with two attached hydrogens (primary N) is 1. The van der Waals surface area contributed by atoms with Gasteiger partial charge < -0.3 is 15.8 Å². The van der Waals surface area contributed by atoms with E-state index in [9.17, 15) is 4.79 Å². The van der Waals surface area contributed by atoms with Gasteiger partial charge in [-0.15, -0.1) is 0 Å². The molecule has 0 amide bonds. The first-order valence-electron chi connectivity index (χ1n) is 3.19. The molecule has 62 valence electrons. The van der Waals surface area contributed by atoms with E-state index in [1.54, 1.807) is 30.3 Å². The molecular formula is C6H11N3O2. The summed E-state index contributed by atoms with van der Waals surface area (Å²) in [7, 11) is 3.42. The Labute approximate surface area is 64.7 Å². The highest BCUT2D eigenvalue weighted by atomic mass is 16.4. The van der Waals surface area contributed by atoms with Crippen molar-refractivity contribution in [3.63, 3.8) is 0 Å². The average molecular weight is 157 g/mol. The number of carbonyl (C=O) groups is 1. The fourth-order valence-electron chi connectivity index (χ4n) is 1.08. The van der Waals surface area contributed by atoms with Crippen molar-refractivity contribution in [2.24, 2.45) is 5.73 Å². The zero-order chi connectivity index (χ0) is 8.59. The van der Waals surface area contributed by atoms with E-state index in [2.05, 4.69) is 0 Å². The molecule has 0 aromatic carbocycles. The summed E-state index contributed by atoms with van der Waals surface area (Å²) in [5.74, 6) is -0.925. The number of hydrogen-bond donors (Lipinski definition) is 2. The molecule has 11 heavy (non-hydrogen) atoms. The van der Waals surface area contributed by atoms with E-state index in [-0.39, 0.29) is 0 Å². The topological polar surface area (TPSA) is 69.8 Å². The lowest BCUT2D eigenvalue weighted by molar-refractivity contribution is -0.144. The number of hydrogen-bond acceptors (Lipinski definition) is 4. The standard InChI is InChI=1S/C6H11N3O2/c1-8-3-4(7)5(6(10)11)9(8)2/h3,5H,7H2,1-2H3,(H,10,11). The highest BCUT2D eigenvalue weighted by Gasteiger charge is 2.32. The second kappa shape index (κ2) is 2.43. The fraction of sp³-hybridized carbons (Fsp3) is 0.500. The van der Waals surface area contributed by atoms with Crippen molar-refractivity contribution in [2.45, 2.75) is 6.04 Å². The molecule has 0 aliphatic carbocycles. The third-order valence-corrected chi connectivity index (χ3v) is 1.76. The molecule has 0 saturated heterocycles. The predicted octanol–water partition coefficient (Wildman–Crippen LogP) is -0.968. The molecule has 3 N–H and O–H groups in total. The molecule has 1 unspecified atom stereocenters. The zero-order valence-electron chi connectivity index (χ0n) is 6.48. The summed E-state index contributed by atoms with van der Waals surface area (Å²) in [5, 5.41) is 11.9. The summed E-state index contributed by atoms with van der Waals surface area (Å²) in [4.78, 5) is 10.6. The fourth-order valence-corrected chi connectivity index (χ4v) is 1.08. The average Bonchev–Trinajstić information content (AvgIpc) is 2.07. The minimum absolute atomic E-state index is 0.363. The van der Waals surface area contributed by atoms with E-state index in [4.69, 9.17) is 10.8 Å². The van der Waals surface area contributed by atoms with Crippen LogP contribution in [0.1, 0.15) is 0 Å². The first-order valence-corrected chi connectivity index (χ1v) is 3.19. The van der Waals surface area contributed by atoms with E-state index < -0.39 is 12.0 Å². The number of carboxylic acid groups (broad SMARTS) is 1. The first kappa shape index (κ1) is 7.87. The van der Waals surface area contributed by atoms with Gasteiger partial charge in [-0.25, -0.2) is 5.01 Å².